The summed E-state index contributed by atoms with van der Waals surface area (Å²) in [5.41, 5.74) is 0.0826. The number of amides is 1. The smallest absolute Gasteiger partial charge is 0.419 e. The molecule has 0 aliphatic heterocycles. The molecule has 4 aromatic rings. The minimum Gasteiger partial charge on any atom is -0.497 e. The summed E-state index contributed by atoms with van der Waals surface area (Å²) < 4.78 is 58.4. The van der Waals surface area contributed by atoms with Gasteiger partial charge in [-0.05, 0) is 48.0 Å². The zero-order valence-electron chi connectivity index (χ0n) is 17.3. The summed E-state index contributed by atoms with van der Waals surface area (Å²) in [6, 6.07) is 12.7. The molecule has 168 valence electrons. The number of nitrogens with zero attached hydrogens (tertiary/aromatic N) is 2. The van der Waals surface area contributed by atoms with Gasteiger partial charge in [-0.2, -0.15) is 13.2 Å². The number of aromatic nitrogens is 2. The van der Waals surface area contributed by atoms with Crippen molar-refractivity contribution in [2.75, 3.05) is 7.11 Å². The number of alkyl halides is 3. The second-order valence-corrected chi connectivity index (χ2v) is 7.17. The summed E-state index contributed by atoms with van der Waals surface area (Å²) in [6.07, 6.45) is -1.95. The molecule has 2 heterocycles. The second kappa shape index (κ2) is 8.85. The first-order chi connectivity index (χ1) is 15.8. The highest BCUT2D eigenvalue weighted by Gasteiger charge is 2.34. The standard InChI is InChI=1S/C24H17F4N3O2/c1-33-16-4-2-3-14(9-16)12-30-23(32)17-11-22(31-21-7-8-29-13-18(17)21)15-5-6-20(25)19(10-15)24(26,27)28/h2-11,13H,12H2,1H3,(H,30,32). The predicted octanol–water partition coefficient (Wildman–Crippen LogP) is 5.39. The maximum absolute atomic E-state index is 13.7. The molecule has 0 saturated carbocycles. The SMILES string of the molecule is COc1cccc(CNC(=O)c2cc(-c3ccc(F)c(C(F)(F)F)c3)nc3ccncc23)c1. The van der Waals surface area contributed by atoms with Gasteiger partial charge in [0.05, 0.1) is 29.4 Å². The largest absolute Gasteiger partial charge is 0.497 e. The molecule has 1 amide bonds. The number of halogens is 4. The number of nitrogens with one attached hydrogen (secondary N) is 1. The van der Waals surface area contributed by atoms with Crippen LogP contribution in [0, 0.1) is 5.82 Å². The lowest BCUT2D eigenvalue weighted by atomic mass is 10.0. The third-order valence-corrected chi connectivity index (χ3v) is 5.01. The molecule has 33 heavy (non-hydrogen) atoms. The van der Waals surface area contributed by atoms with Gasteiger partial charge >= 0.3 is 6.18 Å². The molecule has 2 aromatic heterocycles. The Bertz CT molecular complexity index is 1340. The fourth-order valence-electron chi connectivity index (χ4n) is 3.37. The topological polar surface area (TPSA) is 64.1 Å². The van der Waals surface area contributed by atoms with Crippen molar-refractivity contribution in [3.8, 4) is 17.0 Å². The fraction of sp³-hybridized carbons (Fsp3) is 0.125. The Morgan fingerprint density at radius 2 is 1.91 bits per heavy atom. The Morgan fingerprint density at radius 1 is 1.09 bits per heavy atom. The molecule has 0 aliphatic rings. The summed E-state index contributed by atoms with van der Waals surface area (Å²) in [5, 5.41) is 3.23. The van der Waals surface area contributed by atoms with Crippen LogP contribution >= 0.6 is 0 Å². The molecule has 0 aliphatic carbocycles. The van der Waals surface area contributed by atoms with E-state index in [0.29, 0.717) is 22.7 Å². The van der Waals surface area contributed by atoms with Gasteiger partial charge in [0.25, 0.3) is 5.91 Å². The van der Waals surface area contributed by atoms with Crippen molar-refractivity contribution < 1.29 is 27.1 Å². The number of carbonyl (C=O) groups is 1. The number of pyridine rings is 2. The maximum Gasteiger partial charge on any atom is 0.419 e. The van der Waals surface area contributed by atoms with Gasteiger partial charge in [-0.15, -0.1) is 0 Å². The van der Waals surface area contributed by atoms with E-state index < -0.39 is 23.5 Å². The van der Waals surface area contributed by atoms with Crippen LogP contribution in [-0.2, 0) is 12.7 Å². The molecule has 0 radical (unpaired) electrons. The number of ether oxygens (including phenoxy) is 1. The van der Waals surface area contributed by atoms with Gasteiger partial charge in [0.1, 0.15) is 11.6 Å². The number of methoxy groups -OCH3 is 1. The molecule has 0 bridgehead atoms. The van der Waals surface area contributed by atoms with Gasteiger partial charge in [-0.3, -0.25) is 9.78 Å². The van der Waals surface area contributed by atoms with Gasteiger partial charge in [0.2, 0.25) is 0 Å². The van der Waals surface area contributed by atoms with E-state index in [0.717, 1.165) is 11.6 Å². The number of rotatable bonds is 5. The van der Waals surface area contributed by atoms with Crippen LogP contribution in [0.2, 0.25) is 0 Å². The first kappa shape index (κ1) is 22.2. The zero-order chi connectivity index (χ0) is 23.6. The Morgan fingerprint density at radius 3 is 2.67 bits per heavy atom. The number of carbonyl (C=O) groups excluding carboxylic acids is 1. The molecule has 9 heteroatoms. The lowest BCUT2D eigenvalue weighted by Crippen LogP contribution is -2.23. The molecular weight excluding hydrogens is 438 g/mol. The minimum absolute atomic E-state index is 0.0317. The summed E-state index contributed by atoms with van der Waals surface area (Å²) in [5.74, 6) is -1.20. The molecule has 1 N–H and O–H groups in total. The van der Waals surface area contributed by atoms with E-state index >= 15 is 0 Å². The molecule has 0 spiro atoms. The van der Waals surface area contributed by atoms with Gasteiger partial charge in [-0.25, -0.2) is 9.37 Å². The molecule has 4 rings (SSSR count). The van der Waals surface area contributed by atoms with Crippen LogP contribution < -0.4 is 10.1 Å². The van der Waals surface area contributed by atoms with Crippen molar-refractivity contribution in [2.24, 2.45) is 0 Å². The lowest BCUT2D eigenvalue weighted by molar-refractivity contribution is -0.139. The van der Waals surface area contributed by atoms with Crippen molar-refractivity contribution in [2.45, 2.75) is 12.7 Å². The van der Waals surface area contributed by atoms with E-state index in [-0.39, 0.29) is 23.4 Å². The predicted molar refractivity (Wildman–Crippen MR) is 114 cm³/mol. The van der Waals surface area contributed by atoms with Crippen LogP contribution in [0.1, 0.15) is 21.5 Å². The number of benzene rings is 2. The average molecular weight is 455 g/mol. The van der Waals surface area contributed by atoms with E-state index in [1.54, 1.807) is 24.3 Å². The number of hydrogen-bond acceptors (Lipinski definition) is 4. The van der Waals surface area contributed by atoms with Crippen molar-refractivity contribution in [3.63, 3.8) is 0 Å². The zero-order valence-corrected chi connectivity index (χ0v) is 17.3. The monoisotopic (exact) mass is 455 g/mol. The molecular formula is C24H17F4N3O2. The van der Waals surface area contributed by atoms with Crippen LogP contribution in [0.4, 0.5) is 17.6 Å². The van der Waals surface area contributed by atoms with Crippen molar-refractivity contribution in [1.29, 1.82) is 0 Å². The molecule has 2 aromatic carbocycles. The minimum atomic E-state index is -4.86. The van der Waals surface area contributed by atoms with Crippen molar-refractivity contribution >= 4 is 16.8 Å². The van der Waals surface area contributed by atoms with Crippen LogP contribution in [0.15, 0.2) is 67.0 Å². The van der Waals surface area contributed by atoms with Crippen LogP contribution in [-0.4, -0.2) is 23.0 Å². The third kappa shape index (κ3) is 4.77. The molecule has 0 saturated heterocycles. The highest BCUT2D eigenvalue weighted by molar-refractivity contribution is 6.06. The first-order valence-electron chi connectivity index (χ1n) is 9.79. The van der Waals surface area contributed by atoms with E-state index in [2.05, 4.69) is 15.3 Å². The van der Waals surface area contributed by atoms with Crippen LogP contribution in [0.5, 0.6) is 5.75 Å². The second-order valence-electron chi connectivity index (χ2n) is 7.17. The van der Waals surface area contributed by atoms with Gasteiger partial charge in [0, 0.05) is 29.9 Å². The maximum atomic E-state index is 13.7. The average Bonchev–Trinajstić information content (AvgIpc) is 2.81. The molecule has 0 fully saturated rings. The van der Waals surface area contributed by atoms with Crippen LogP contribution in [0.3, 0.4) is 0 Å². The summed E-state index contributed by atoms with van der Waals surface area (Å²) in [7, 11) is 1.54. The van der Waals surface area contributed by atoms with Gasteiger partial charge in [0.15, 0.2) is 0 Å². The fourth-order valence-corrected chi connectivity index (χ4v) is 3.37. The summed E-state index contributed by atoms with van der Waals surface area (Å²) in [6.45, 7) is 0.199. The highest BCUT2D eigenvalue weighted by atomic mass is 19.4. The van der Waals surface area contributed by atoms with Crippen LogP contribution in [0.25, 0.3) is 22.2 Å². The van der Waals surface area contributed by atoms with E-state index in [1.807, 2.05) is 6.07 Å². The lowest BCUT2D eigenvalue weighted by Gasteiger charge is -2.13. The Kier molecular flexibility index (Phi) is 5.95. The first-order valence-corrected chi connectivity index (χ1v) is 9.79. The summed E-state index contributed by atoms with van der Waals surface area (Å²) >= 11 is 0. The highest BCUT2D eigenvalue weighted by Crippen LogP contribution is 2.34. The van der Waals surface area contributed by atoms with Crippen molar-refractivity contribution in [3.05, 3.63) is 89.5 Å². The number of fused-ring (bicyclic) bond motifs is 1. The van der Waals surface area contributed by atoms with E-state index in [4.69, 9.17) is 4.74 Å². The van der Waals surface area contributed by atoms with E-state index in [1.165, 1.54) is 31.6 Å². The third-order valence-electron chi connectivity index (χ3n) is 5.01. The summed E-state index contributed by atoms with van der Waals surface area (Å²) in [4.78, 5) is 21.4. The Hall–Kier alpha value is -4.01. The Labute approximate surface area is 186 Å². The Balaban J connectivity index is 1.72. The molecule has 0 atom stereocenters. The molecule has 5 nitrogen and oxygen atoms in total. The normalized spacial score (nSPS) is 11.4. The number of hydrogen-bond donors (Lipinski definition) is 1. The van der Waals surface area contributed by atoms with Gasteiger partial charge < -0.3 is 10.1 Å². The van der Waals surface area contributed by atoms with Gasteiger partial charge in [-0.1, -0.05) is 12.1 Å². The van der Waals surface area contributed by atoms with Crippen molar-refractivity contribution in [1.82, 2.24) is 15.3 Å². The molecule has 0 unspecified atom stereocenters. The quantitative estimate of drug-likeness (QED) is 0.410. The van der Waals surface area contributed by atoms with E-state index in [9.17, 15) is 22.4 Å².